The molecule has 1 atom stereocenters. The Balaban J connectivity index is 3.57. The Morgan fingerprint density at radius 2 is 0.788 bits per heavy atom. The van der Waals surface area contributed by atoms with E-state index in [1.165, 1.54) is 141 Å². The van der Waals surface area contributed by atoms with E-state index in [0.717, 1.165) is 44.9 Å². The van der Waals surface area contributed by atoms with Gasteiger partial charge >= 0.3 is 11.9 Å². The summed E-state index contributed by atoms with van der Waals surface area (Å²) in [4.78, 5) is 24.3. The van der Waals surface area contributed by atoms with Crippen LogP contribution >= 0.6 is 0 Å². The topological polar surface area (TPSA) is 72.8 Å². The van der Waals surface area contributed by atoms with Crippen LogP contribution in [0.3, 0.4) is 0 Å². The van der Waals surface area contributed by atoms with Gasteiger partial charge in [-0.3, -0.25) is 9.59 Å². The van der Waals surface area contributed by atoms with E-state index in [-0.39, 0.29) is 31.6 Å². The molecule has 0 rings (SSSR count). The van der Waals surface area contributed by atoms with Crippen molar-refractivity contribution in [3.8, 4) is 0 Å². The number of hydrogen-bond acceptors (Lipinski definition) is 5. The molecule has 1 N–H and O–H groups in total. The zero-order chi connectivity index (χ0) is 37.8. The van der Waals surface area contributed by atoms with Crippen molar-refractivity contribution in [1.29, 1.82) is 0 Å². The molecule has 0 aliphatic carbocycles. The van der Waals surface area contributed by atoms with E-state index in [0.29, 0.717) is 12.8 Å². The van der Waals surface area contributed by atoms with Crippen molar-refractivity contribution in [3.05, 3.63) is 48.6 Å². The predicted octanol–water partition coefficient (Wildman–Crippen LogP) is 14.2. The number of carbonyl (C=O) groups is 2. The van der Waals surface area contributed by atoms with Crippen molar-refractivity contribution in [1.82, 2.24) is 0 Å². The highest BCUT2D eigenvalue weighted by Gasteiger charge is 2.16. The largest absolute Gasteiger partial charge is 0.462 e. The monoisotopic (exact) mass is 729 g/mol. The number of aliphatic hydroxyl groups excluding tert-OH is 1. The number of rotatable bonds is 40. The van der Waals surface area contributed by atoms with Crippen molar-refractivity contribution in [3.63, 3.8) is 0 Å². The summed E-state index contributed by atoms with van der Waals surface area (Å²) in [6.45, 7) is 4.08. The molecule has 5 nitrogen and oxygen atoms in total. The third kappa shape index (κ3) is 40.6. The molecule has 5 heteroatoms. The number of allylic oxidation sites excluding steroid dienone is 8. The van der Waals surface area contributed by atoms with E-state index >= 15 is 0 Å². The van der Waals surface area contributed by atoms with Crippen LogP contribution in [0, 0.1) is 0 Å². The van der Waals surface area contributed by atoms with Crippen LogP contribution in [0.15, 0.2) is 48.6 Å². The second-order valence-corrected chi connectivity index (χ2v) is 14.8. The summed E-state index contributed by atoms with van der Waals surface area (Å²) in [5.74, 6) is -0.650. The van der Waals surface area contributed by atoms with Crippen molar-refractivity contribution < 1.29 is 24.2 Å². The Morgan fingerprint density at radius 3 is 1.21 bits per heavy atom. The fourth-order valence-corrected chi connectivity index (χ4v) is 6.25. The summed E-state index contributed by atoms with van der Waals surface area (Å²) >= 11 is 0. The van der Waals surface area contributed by atoms with Crippen LogP contribution in [-0.2, 0) is 19.1 Å². The van der Waals surface area contributed by atoms with E-state index in [9.17, 15) is 14.7 Å². The van der Waals surface area contributed by atoms with Gasteiger partial charge in [0.15, 0.2) is 6.10 Å². The fraction of sp³-hybridized carbons (Fsp3) is 0.787. The lowest BCUT2D eigenvalue weighted by Crippen LogP contribution is -2.28. The van der Waals surface area contributed by atoms with E-state index < -0.39 is 6.10 Å². The molecular weight excluding hydrogens is 645 g/mol. The molecule has 0 radical (unpaired) electrons. The van der Waals surface area contributed by atoms with Gasteiger partial charge in [0, 0.05) is 12.8 Å². The number of hydrogen-bond donors (Lipinski definition) is 1. The molecule has 0 spiro atoms. The molecule has 0 amide bonds. The Hall–Kier alpha value is -2.14. The minimum Gasteiger partial charge on any atom is -0.462 e. The number of ether oxygens (including phenoxy) is 2. The maximum Gasteiger partial charge on any atom is 0.306 e. The van der Waals surface area contributed by atoms with Crippen molar-refractivity contribution >= 4 is 11.9 Å². The van der Waals surface area contributed by atoms with Gasteiger partial charge in [0.2, 0.25) is 0 Å². The molecule has 0 aromatic rings. The van der Waals surface area contributed by atoms with Gasteiger partial charge in [-0.1, -0.05) is 204 Å². The average molecular weight is 729 g/mol. The van der Waals surface area contributed by atoms with Crippen LogP contribution in [0.5, 0.6) is 0 Å². The van der Waals surface area contributed by atoms with E-state index in [4.69, 9.17) is 9.47 Å². The molecule has 0 aromatic heterocycles. The van der Waals surface area contributed by atoms with Gasteiger partial charge in [0.25, 0.3) is 0 Å². The molecule has 0 fully saturated rings. The summed E-state index contributed by atoms with van der Waals surface area (Å²) in [6.07, 6.45) is 54.8. The Kier molecular flexibility index (Phi) is 41.5. The SMILES string of the molecule is CCCCCC=CCC=CCC=CCC=CCCCC(=O)O[C@@H](CO)COC(=O)CCCCCCCCCCCCCCCCCCCCCCC. The molecule has 302 valence electrons. The highest BCUT2D eigenvalue weighted by Crippen LogP contribution is 2.15. The van der Waals surface area contributed by atoms with Gasteiger partial charge in [-0.15, -0.1) is 0 Å². The van der Waals surface area contributed by atoms with Gasteiger partial charge in [0.1, 0.15) is 6.61 Å². The third-order valence-electron chi connectivity index (χ3n) is 9.63. The summed E-state index contributed by atoms with van der Waals surface area (Å²) in [5, 5.41) is 9.57. The first-order valence-electron chi connectivity index (χ1n) is 22.2. The fourth-order valence-electron chi connectivity index (χ4n) is 6.25. The first-order chi connectivity index (χ1) is 25.6. The lowest BCUT2D eigenvalue weighted by atomic mass is 10.0. The Bertz CT molecular complexity index is 873. The first kappa shape index (κ1) is 49.9. The van der Waals surface area contributed by atoms with Gasteiger partial charge in [-0.05, 0) is 51.4 Å². The average Bonchev–Trinajstić information content (AvgIpc) is 3.15. The minimum absolute atomic E-state index is 0.0858. The normalized spacial score (nSPS) is 12.6. The van der Waals surface area contributed by atoms with Gasteiger partial charge < -0.3 is 14.6 Å². The van der Waals surface area contributed by atoms with Crippen LogP contribution in [0.2, 0.25) is 0 Å². The molecule has 0 bridgehead atoms. The maximum absolute atomic E-state index is 12.2. The Morgan fingerprint density at radius 1 is 0.442 bits per heavy atom. The van der Waals surface area contributed by atoms with Gasteiger partial charge in [-0.25, -0.2) is 0 Å². The number of unbranched alkanes of at least 4 members (excludes halogenated alkanes) is 24. The van der Waals surface area contributed by atoms with E-state index in [1.807, 2.05) is 0 Å². The van der Waals surface area contributed by atoms with Crippen molar-refractivity contribution in [2.45, 2.75) is 225 Å². The zero-order valence-electron chi connectivity index (χ0n) is 34.3. The third-order valence-corrected chi connectivity index (χ3v) is 9.63. The van der Waals surface area contributed by atoms with Crippen LogP contribution in [0.25, 0.3) is 0 Å². The van der Waals surface area contributed by atoms with Crippen LogP contribution in [0.1, 0.15) is 219 Å². The molecule has 0 saturated heterocycles. The lowest BCUT2D eigenvalue weighted by molar-refractivity contribution is -0.161. The summed E-state index contributed by atoms with van der Waals surface area (Å²) in [6, 6.07) is 0. The van der Waals surface area contributed by atoms with Crippen molar-refractivity contribution in [2.75, 3.05) is 13.2 Å². The molecular formula is C47H84O5. The van der Waals surface area contributed by atoms with Crippen LogP contribution < -0.4 is 0 Å². The number of esters is 2. The summed E-state index contributed by atoms with van der Waals surface area (Å²) in [7, 11) is 0. The lowest BCUT2D eigenvalue weighted by Gasteiger charge is -2.15. The van der Waals surface area contributed by atoms with E-state index in [2.05, 4.69) is 62.5 Å². The second kappa shape index (κ2) is 43.3. The zero-order valence-corrected chi connectivity index (χ0v) is 34.3. The van der Waals surface area contributed by atoms with Gasteiger partial charge in [-0.2, -0.15) is 0 Å². The molecule has 0 heterocycles. The predicted molar refractivity (Wildman–Crippen MR) is 224 cm³/mol. The van der Waals surface area contributed by atoms with Crippen molar-refractivity contribution in [2.24, 2.45) is 0 Å². The first-order valence-corrected chi connectivity index (χ1v) is 22.2. The molecule has 52 heavy (non-hydrogen) atoms. The van der Waals surface area contributed by atoms with Crippen LogP contribution in [-0.4, -0.2) is 36.4 Å². The molecule has 0 aliphatic rings. The molecule has 0 aliphatic heterocycles. The van der Waals surface area contributed by atoms with Gasteiger partial charge in [0.05, 0.1) is 6.61 Å². The number of carbonyl (C=O) groups excluding carboxylic acids is 2. The smallest absolute Gasteiger partial charge is 0.306 e. The number of aliphatic hydroxyl groups is 1. The summed E-state index contributed by atoms with van der Waals surface area (Å²) < 4.78 is 10.6. The summed E-state index contributed by atoms with van der Waals surface area (Å²) in [5.41, 5.74) is 0. The Labute approximate surface area is 322 Å². The standard InChI is InChI=1S/C47H84O5/c1-3-5-7-9-11-13-15-17-19-21-22-23-24-26-27-29-31-33-35-37-39-41-46(49)51-44-45(43-48)52-47(50)42-40-38-36-34-32-30-28-25-20-18-16-14-12-10-8-6-4-2/h12,14,18,20,28,30,34,36,45,48H,3-11,13,15-17,19,21-27,29,31-33,35,37-44H2,1-2H3/t45-/m0/s1. The molecule has 0 unspecified atom stereocenters. The molecule has 0 saturated carbocycles. The minimum atomic E-state index is -0.798. The highest BCUT2D eigenvalue weighted by atomic mass is 16.6. The maximum atomic E-state index is 12.2. The quantitative estimate of drug-likeness (QED) is 0.0386. The second-order valence-electron chi connectivity index (χ2n) is 14.8. The van der Waals surface area contributed by atoms with Crippen LogP contribution in [0.4, 0.5) is 0 Å². The van der Waals surface area contributed by atoms with E-state index in [1.54, 1.807) is 0 Å². The highest BCUT2D eigenvalue weighted by molar-refractivity contribution is 5.70. The molecule has 0 aromatic carbocycles.